The topological polar surface area (TPSA) is 42.4 Å². The second kappa shape index (κ2) is 8.21. The first-order valence-corrected chi connectivity index (χ1v) is 8.78. The van der Waals surface area contributed by atoms with Crippen LogP contribution in [0, 0.1) is 5.82 Å². The van der Waals surface area contributed by atoms with Gasteiger partial charge in [0.2, 0.25) is 0 Å². The van der Waals surface area contributed by atoms with Crippen LogP contribution in [0.15, 0.2) is 48.8 Å². The predicted molar refractivity (Wildman–Crippen MR) is 93.5 cm³/mol. The molecule has 3 rings (SSSR count). The second-order valence-corrected chi connectivity index (χ2v) is 6.27. The number of benzene rings is 1. The SMILES string of the molecule is CCCN(C(=O)[C@@H]1CCCO1)[C@@H](c1ccc(F)cc1)c1cccnc1. The molecule has 0 N–H and O–H groups in total. The molecule has 1 aliphatic rings. The Morgan fingerprint density at radius 2 is 2.12 bits per heavy atom. The third-order valence-electron chi connectivity index (χ3n) is 4.45. The molecule has 0 spiro atoms. The lowest BCUT2D eigenvalue weighted by molar-refractivity contribution is -0.142. The highest BCUT2D eigenvalue weighted by atomic mass is 19.1. The summed E-state index contributed by atoms with van der Waals surface area (Å²) < 4.78 is 19.0. The molecule has 0 radical (unpaired) electrons. The lowest BCUT2D eigenvalue weighted by Crippen LogP contribution is -2.42. The summed E-state index contributed by atoms with van der Waals surface area (Å²) in [5.74, 6) is -0.293. The minimum absolute atomic E-state index is 0.00229. The fourth-order valence-corrected chi connectivity index (χ4v) is 3.30. The van der Waals surface area contributed by atoms with Crippen LogP contribution in [0.5, 0.6) is 0 Å². The Kier molecular flexibility index (Phi) is 5.76. The van der Waals surface area contributed by atoms with Gasteiger partial charge in [-0.1, -0.05) is 25.1 Å². The molecule has 1 aromatic carbocycles. The lowest BCUT2D eigenvalue weighted by atomic mass is 9.97. The van der Waals surface area contributed by atoms with E-state index in [-0.39, 0.29) is 23.9 Å². The van der Waals surface area contributed by atoms with Crippen molar-refractivity contribution in [2.75, 3.05) is 13.2 Å². The average Bonchev–Trinajstić information content (AvgIpc) is 3.18. The number of hydrogen-bond acceptors (Lipinski definition) is 3. The van der Waals surface area contributed by atoms with Crippen molar-refractivity contribution in [3.63, 3.8) is 0 Å². The Bertz CT molecular complexity index is 685. The molecule has 1 fully saturated rings. The number of halogens is 1. The Labute approximate surface area is 147 Å². The standard InChI is InChI=1S/C20H23FN2O2/c1-2-12-23(20(24)18-6-4-13-25-18)19(16-5-3-11-22-14-16)15-7-9-17(21)10-8-15/h3,5,7-11,14,18-19H,2,4,6,12-13H2,1H3/t18-,19-/m0/s1. The van der Waals surface area contributed by atoms with Gasteiger partial charge in [-0.05, 0) is 48.6 Å². The van der Waals surface area contributed by atoms with Crippen LogP contribution in [0.4, 0.5) is 4.39 Å². The number of pyridine rings is 1. The smallest absolute Gasteiger partial charge is 0.252 e. The van der Waals surface area contributed by atoms with Gasteiger partial charge in [0.25, 0.3) is 5.91 Å². The van der Waals surface area contributed by atoms with Crippen LogP contribution in [0.25, 0.3) is 0 Å². The van der Waals surface area contributed by atoms with Gasteiger partial charge in [0.05, 0.1) is 6.04 Å². The van der Waals surface area contributed by atoms with Crippen LogP contribution in [0.3, 0.4) is 0 Å². The first kappa shape index (κ1) is 17.5. The summed E-state index contributed by atoms with van der Waals surface area (Å²) in [7, 11) is 0. The van der Waals surface area contributed by atoms with Gasteiger partial charge in [-0.2, -0.15) is 0 Å². The van der Waals surface area contributed by atoms with Crippen LogP contribution in [0.1, 0.15) is 43.4 Å². The van der Waals surface area contributed by atoms with Crippen LogP contribution >= 0.6 is 0 Å². The summed E-state index contributed by atoms with van der Waals surface area (Å²) in [4.78, 5) is 19.1. The van der Waals surface area contributed by atoms with E-state index >= 15 is 0 Å². The molecule has 1 saturated heterocycles. The fourth-order valence-electron chi connectivity index (χ4n) is 3.30. The molecule has 1 amide bonds. The van der Waals surface area contributed by atoms with E-state index in [0.29, 0.717) is 13.2 Å². The van der Waals surface area contributed by atoms with E-state index in [1.165, 1.54) is 12.1 Å². The van der Waals surface area contributed by atoms with Crippen molar-refractivity contribution < 1.29 is 13.9 Å². The van der Waals surface area contributed by atoms with Gasteiger partial charge < -0.3 is 9.64 Å². The molecule has 25 heavy (non-hydrogen) atoms. The van der Waals surface area contributed by atoms with Crippen molar-refractivity contribution in [2.45, 2.75) is 38.3 Å². The molecule has 5 heteroatoms. The molecule has 0 unspecified atom stereocenters. The first-order valence-electron chi connectivity index (χ1n) is 8.78. The molecule has 2 atom stereocenters. The van der Waals surface area contributed by atoms with Gasteiger partial charge in [0.1, 0.15) is 11.9 Å². The summed E-state index contributed by atoms with van der Waals surface area (Å²) in [6, 6.07) is 9.83. The van der Waals surface area contributed by atoms with E-state index in [1.807, 2.05) is 24.0 Å². The number of ether oxygens (including phenoxy) is 1. The van der Waals surface area contributed by atoms with Crippen LogP contribution in [0.2, 0.25) is 0 Å². The summed E-state index contributed by atoms with van der Waals surface area (Å²) in [5, 5.41) is 0. The predicted octanol–water partition coefficient (Wildman–Crippen LogP) is 3.73. The molecule has 2 aromatic rings. The summed E-state index contributed by atoms with van der Waals surface area (Å²) in [5.41, 5.74) is 1.78. The molecule has 0 bridgehead atoms. The molecule has 0 aliphatic carbocycles. The maximum atomic E-state index is 13.4. The van der Waals surface area contributed by atoms with Crippen LogP contribution < -0.4 is 0 Å². The first-order chi connectivity index (χ1) is 12.2. The van der Waals surface area contributed by atoms with Crippen LogP contribution in [-0.4, -0.2) is 35.0 Å². The van der Waals surface area contributed by atoms with E-state index in [9.17, 15) is 9.18 Å². The fraction of sp³-hybridized carbons (Fsp3) is 0.400. The Morgan fingerprint density at radius 1 is 1.32 bits per heavy atom. The minimum atomic E-state index is -0.383. The van der Waals surface area contributed by atoms with Crippen molar-refractivity contribution in [3.8, 4) is 0 Å². The number of nitrogens with zero attached hydrogens (tertiary/aromatic N) is 2. The van der Waals surface area contributed by atoms with Gasteiger partial charge in [-0.3, -0.25) is 9.78 Å². The number of carbonyl (C=O) groups is 1. The van der Waals surface area contributed by atoms with E-state index in [4.69, 9.17) is 4.74 Å². The number of carbonyl (C=O) groups excluding carboxylic acids is 1. The highest BCUT2D eigenvalue weighted by Crippen LogP contribution is 2.30. The van der Waals surface area contributed by atoms with Crippen molar-refractivity contribution in [1.82, 2.24) is 9.88 Å². The summed E-state index contributed by atoms with van der Waals surface area (Å²) in [6.07, 6.45) is 5.58. The molecule has 1 aliphatic heterocycles. The molecular weight excluding hydrogens is 319 g/mol. The number of rotatable bonds is 6. The monoisotopic (exact) mass is 342 g/mol. The summed E-state index contributed by atoms with van der Waals surface area (Å²) >= 11 is 0. The number of hydrogen-bond donors (Lipinski definition) is 0. The van der Waals surface area contributed by atoms with Gasteiger partial charge in [-0.15, -0.1) is 0 Å². The van der Waals surface area contributed by atoms with E-state index in [2.05, 4.69) is 4.98 Å². The van der Waals surface area contributed by atoms with E-state index < -0.39 is 0 Å². The largest absolute Gasteiger partial charge is 0.368 e. The van der Waals surface area contributed by atoms with Crippen molar-refractivity contribution >= 4 is 5.91 Å². The molecular formula is C20H23FN2O2. The second-order valence-electron chi connectivity index (χ2n) is 6.27. The van der Waals surface area contributed by atoms with Gasteiger partial charge in [-0.25, -0.2) is 4.39 Å². The van der Waals surface area contributed by atoms with Gasteiger partial charge >= 0.3 is 0 Å². The van der Waals surface area contributed by atoms with Crippen molar-refractivity contribution in [3.05, 3.63) is 65.7 Å². The maximum absolute atomic E-state index is 13.4. The highest BCUT2D eigenvalue weighted by molar-refractivity contribution is 5.82. The van der Waals surface area contributed by atoms with Crippen LogP contribution in [-0.2, 0) is 9.53 Å². The molecule has 0 saturated carbocycles. The van der Waals surface area contributed by atoms with E-state index in [0.717, 1.165) is 30.4 Å². The maximum Gasteiger partial charge on any atom is 0.252 e. The zero-order chi connectivity index (χ0) is 17.6. The Balaban J connectivity index is 2.00. The normalized spacial score (nSPS) is 18.1. The van der Waals surface area contributed by atoms with E-state index in [1.54, 1.807) is 24.5 Å². The molecule has 1 aromatic heterocycles. The van der Waals surface area contributed by atoms with Gasteiger partial charge in [0, 0.05) is 25.5 Å². The lowest BCUT2D eigenvalue weighted by Gasteiger charge is -2.34. The Morgan fingerprint density at radius 3 is 2.72 bits per heavy atom. The molecule has 132 valence electrons. The number of amides is 1. The zero-order valence-corrected chi connectivity index (χ0v) is 14.4. The third kappa shape index (κ3) is 4.04. The minimum Gasteiger partial charge on any atom is -0.368 e. The highest BCUT2D eigenvalue weighted by Gasteiger charge is 2.33. The third-order valence-corrected chi connectivity index (χ3v) is 4.45. The quantitative estimate of drug-likeness (QED) is 0.803. The van der Waals surface area contributed by atoms with Gasteiger partial charge in [0.15, 0.2) is 0 Å². The van der Waals surface area contributed by atoms with Crippen molar-refractivity contribution in [1.29, 1.82) is 0 Å². The number of aromatic nitrogens is 1. The molecule has 4 nitrogen and oxygen atoms in total. The summed E-state index contributed by atoms with van der Waals surface area (Å²) in [6.45, 7) is 3.28. The Hall–Kier alpha value is -2.27. The van der Waals surface area contributed by atoms with Crippen molar-refractivity contribution in [2.24, 2.45) is 0 Å². The average molecular weight is 342 g/mol. The zero-order valence-electron chi connectivity index (χ0n) is 14.4. The molecule has 2 heterocycles.